The second-order valence-electron chi connectivity index (χ2n) is 6.78. The molecule has 0 unspecified atom stereocenters. The molecule has 1 amide bonds. The van der Waals surface area contributed by atoms with Crippen LogP contribution in [0.1, 0.15) is 36.9 Å². The number of aryl methyl sites for hydroxylation is 1. The van der Waals surface area contributed by atoms with Crippen molar-refractivity contribution in [2.45, 2.75) is 54.7 Å². The van der Waals surface area contributed by atoms with Crippen LogP contribution in [-0.2, 0) is 11.2 Å². The van der Waals surface area contributed by atoms with Crippen molar-refractivity contribution in [3.8, 4) is 11.5 Å². The molecule has 0 radical (unpaired) electrons. The zero-order chi connectivity index (χ0) is 17.9. The second-order valence-corrected chi connectivity index (χ2v) is 9.18. The number of hydrogen-bond acceptors (Lipinski definition) is 6. The fourth-order valence-electron chi connectivity index (χ4n) is 3.37. The van der Waals surface area contributed by atoms with Crippen LogP contribution in [0.15, 0.2) is 27.9 Å². The zero-order valence-electron chi connectivity index (χ0n) is 14.7. The first-order valence-electron chi connectivity index (χ1n) is 8.92. The van der Waals surface area contributed by atoms with Gasteiger partial charge in [-0.05, 0) is 50.3 Å². The smallest absolute Gasteiger partial charge is 0.231 e. The Labute approximate surface area is 161 Å². The van der Waals surface area contributed by atoms with E-state index < -0.39 is 0 Å². The molecule has 1 aromatic heterocycles. The van der Waals surface area contributed by atoms with Gasteiger partial charge < -0.3 is 14.8 Å². The van der Waals surface area contributed by atoms with Crippen LogP contribution in [0.2, 0.25) is 0 Å². The third-order valence-corrected chi connectivity index (χ3v) is 7.13. The highest BCUT2D eigenvalue weighted by molar-refractivity contribution is 8.01. The van der Waals surface area contributed by atoms with Gasteiger partial charge in [-0.15, -0.1) is 11.3 Å². The van der Waals surface area contributed by atoms with Gasteiger partial charge in [0.1, 0.15) is 4.34 Å². The molecule has 7 heteroatoms. The predicted molar refractivity (Wildman–Crippen MR) is 103 cm³/mol. The second kappa shape index (κ2) is 7.88. The lowest BCUT2D eigenvalue weighted by Crippen LogP contribution is -2.38. The Kier molecular flexibility index (Phi) is 5.36. The largest absolute Gasteiger partial charge is 0.454 e. The van der Waals surface area contributed by atoms with Crippen LogP contribution in [0.5, 0.6) is 11.5 Å². The van der Waals surface area contributed by atoms with Crippen molar-refractivity contribution >= 4 is 29.0 Å². The van der Waals surface area contributed by atoms with E-state index in [1.165, 1.54) is 0 Å². The third-order valence-electron chi connectivity index (χ3n) is 4.71. The molecular formula is C19H22N2O3S2. The number of nitrogens with one attached hydrogen (secondary N) is 1. The van der Waals surface area contributed by atoms with Gasteiger partial charge in [0.25, 0.3) is 0 Å². The summed E-state index contributed by atoms with van der Waals surface area (Å²) in [5.74, 6) is 1.56. The van der Waals surface area contributed by atoms with Gasteiger partial charge in [0.05, 0.1) is 6.42 Å². The number of thioether (sulfide) groups is 1. The lowest BCUT2D eigenvalue weighted by atomic mass is 9.94. The Morgan fingerprint density at radius 1 is 1.27 bits per heavy atom. The minimum atomic E-state index is 0.0792. The SMILES string of the molecule is Cc1csc(SC2CCC(NC(=O)Cc3ccc4c(c3)OCO4)CC2)n1. The van der Waals surface area contributed by atoms with Gasteiger partial charge in [0, 0.05) is 22.4 Å². The van der Waals surface area contributed by atoms with Crippen LogP contribution in [0.4, 0.5) is 0 Å². The molecule has 1 aliphatic carbocycles. The van der Waals surface area contributed by atoms with Crippen molar-refractivity contribution in [2.24, 2.45) is 0 Å². The van der Waals surface area contributed by atoms with Crippen LogP contribution >= 0.6 is 23.1 Å². The van der Waals surface area contributed by atoms with Gasteiger partial charge >= 0.3 is 0 Å². The van der Waals surface area contributed by atoms with Crippen LogP contribution in [0.3, 0.4) is 0 Å². The number of fused-ring (bicyclic) bond motifs is 1. The lowest BCUT2D eigenvalue weighted by Gasteiger charge is -2.28. The van der Waals surface area contributed by atoms with Crippen LogP contribution in [-0.4, -0.2) is 29.0 Å². The Morgan fingerprint density at radius 3 is 2.85 bits per heavy atom. The minimum Gasteiger partial charge on any atom is -0.454 e. The van der Waals surface area contributed by atoms with E-state index in [1.807, 2.05) is 36.9 Å². The van der Waals surface area contributed by atoms with Crippen molar-refractivity contribution < 1.29 is 14.3 Å². The van der Waals surface area contributed by atoms with Crippen molar-refractivity contribution in [1.82, 2.24) is 10.3 Å². The number of hydrogen-bond donors (Lipinski definition) is 1. The molecule has 2 aliphatic rings. The van der Waals surface area contributed by atoms with Gasteiger partial charge in [-0.2, -0.15) is 0 Å². The van der Waals surface area contributed by atoms with Crippen molar-refractivity contribution in [1.29, 1.82) is 0 Å². The highest BCUT2D eigenvalue weighted by Crippen LogP contribution is 2.35. The highest BCUT2D eigenvalue weighted by Gasteiger charge is 2.24. The summed E-state index contributed by atoms with van der Waals surface area (Å²) >= 11 is 3.62. The van der Waals surface area contributed by atoms with Gasteiger partial charge in [-0.25, -0.2) is 4.98 Å². The lowest BCUT2D eigenvalue weighted by molar-refractivity contribution is -0.121. The summed E-state index contributed by atoms with van der Waals surface area (Å²) in [6, 6.07) is 5.97. The number of amides is 1. The molecule has 5 nitrogen and oxygen atoms in total. The van der Waals surface area contributed by atoms with Gasteiger partial charge in [-0.3, -0.25) is 4.79 Å². The Bertz CT molecular complexity index is 785. The first-order valence-corrected chi connectivity index (χ1v) is 10.7. The molecule has 2 heterocycles. The number of thiazole rings is 1. The first-order chi connectivity index (χ1) is 12.7. The van der Waals surface area contributed by atoms with E-state index in [2.05, 4.69) is 15.7 Å². The van der Waals surface area contributed by atoms with E-state index in [0.29, 0.717) is 11.7 Å². The molecule has 0 bridgehead atoms. The topological polar surface area (TPSA) is 60.5 Å². The van der Waals surface area contributed by atoms with E-state index in [1.54, 1.807) is 11.3 Å². The van der Waals surface area contributed by atoms with E-state index in [0.717, 1.165) is 52.8 Å². The number of rotatable bonds is 5. The third kappa shape index (κ3) is 4.32. The van der Waals surface area contributed by atoms with Crippen LogP contribution in [0, 0.1) is 6.92 Å². The number of aromatic nitrogens is 1. The van der Waals surface area contributed by atoms with Crippen molar-refractivity contribution in [3.63, 3.8) is 0 Å². The first kappa shape index (κ1) is 17.7. The maximum Gasteiger partial charge on any atom is 0.231 e. The molecule has 4 rings (SSSR count). The number of nitrogens with zero attached hydrogens (tertiary/aromatic N) is 1. The molecule has 0 spiro atoms. The standard InChI is InChI=1S/C19H22N2O3S2/c1-12-10-25-19(20-12)26-15-5-3-14(4-6-15)21-18(22)9-13-2-7-16-17(8-13)24-11-23-16/h2,7-8,10,14-15H,3-6,9,11H2,1H3,(H,21,22). The average Bonchev–Trinajstić information content (AvgIpc) is 3.25. The summed E-state index contributed by atoms with van der Waals surface area (Å²) < 4.78 is 11.8. The van der Waals surface area contributed by atoms with E-state index in [4.69, 9.17) is 9.47 Å². The Hall–Kier alpha value is -1.73. The number of carbonyl (C=O) groups excluding carboxylic acids is 1. The Balaban J connectivity index is 1.23. The summed E-state index contributed by atoms with van der Waals surface area (Å²) in [7, 11) is 0. The minimum absolute atomic E-state index is 0.0792. The van der Waals surface area contributed by atoms with Gasteiger partial charge in [0.15, 0.2) is 11.5 Å². The molecule has 1 N–H and O–H groups in total. The van der Waals surface area contributed by atoms with Crippen LogP contribution < -0.4 is 14.8 Å². The molecule has 1 fully saturated rings. The highest BCUT2D eigenvalue weighted by atomic mass is 32.2. The van der Waals surface area contributed by atoms with E-state index >= 15 is 0 Å². The number of benzene rings is 1. The van der Waals surface area contributed by atoms with Crippen molar-refractivity contribution in [2.75, 3.05) is 6.79 Å². The molecule has 2 aromatic rings. The summed E-state index contributed by atoms with van der Waals surface area (Å²) in [4.78, 5) is 16.9. The summed E-state index contributed by atoms with van der Waals surface area (Å²) in [6.07, 6.45) is 4.70. The molecule has 1 aliphatic heterocycles. The predicted octanol–water partition coefficient (Wildman–Crippen LogP) is 3.94. The maximum absolute atomic E-state index is 12.4. The van der Waals surface area contributed by atoms with Gasteiger partial charge in [0.2, 0.25) is 12.7 Å². The maximum atomic E-state index is 12.4. The molecule has 1 aromatic carbocycles. The normalized spacial score (nSPS) is 21.6. The average molecular weight is 391 g/mol. The van der Waals surface area contributed by atoms with Crippen LogP contribution in [0.25, 0.3) is 0 Å². The zero-order valence-corrected chi connectivity index (χ0v) is 16.3. The summed E-state index contributed by atoms with van der Waals surface area (Å²) in [5, 5.41) is 5.91. The Morgan fingerprint density at radius 2 is 2.08 bits per heavy atom. The fourth-order valence-corrected chi connectivity index (χ4v) is 5.65. The number of carbonyl (C=O) groups is 1. The van der Waals surface area contributed by atoms with Crippen molar-refractivity contribution in [3.05, 3.63) is 34.8 Å². The summed E-state index contributed by atoms with van der Waals surface area (Å²) in [6.45, 7) is 2.29. The molecule has 0 atom stereocenters. The molecule has 26 heavy (non-hydrogen) atoms. The van der Waals surface area contributed by atoms with E-state index in [9.17, 15) is 4.79 Å². The monoisotopic (exact) mass is 390 g/mol. The van der Waals surface area contributed by atoms with Gasteiger partial charge in [-0.1, -0.05) is 17.8 Å². The molecule has 0 saturated heterocycles. The number of ether oxygens (including phenoxy) is 2. The molecule has 1 saturated carbocycles. The summed E-state index contributed by atoms with van der Waals surface area (Å²) in [5.41, 5.74) is 2.05. The molecule has 138 valence electrons. The van der Waals surface area contributed by atoms with E-state index in [-0.39, 0.29) is 18.7 Å². The fraction of sp³-hybridized carbons (Fsp3) is 0.474. The molecular weight excluding hydrogens is 368 g/mol. The quantitative estimate of drug-likeness (QED) is 0.838.